The lowest BCUT2D eigenvalue weighted by molar-refractivity contribution is 0.474. The minimum absolute atomic E-state index is 0.326. The first-order valence-electron chi connectivity index (χ1n) is 6.39. The molecule has 0 bridgehead atoms. The summed E-state index contributed by atoms with van der Waals surface area (Å²) in [7, 11) is 0. The van der Waals surface area contributed by atoms with Crippen LogP contribution >= 0.6 is 0 Å². The maximum Gasteiger partial charge on any atom is 0.115 e. The molecule has 1 aliphatic carbocycles. The van der Waals surface area contributed by atoms with Crippen LogP contribution in [0.1, 0.15) is 22.6 Å². The van der Waals surface area contributed by atoms with Gasteiger partial charge in [-0.1, -0.05) is 36.4 Å². The average Bonchev–Trinajstić information content (AvgIpc) is 2.37. The minimum Gasteiger partial charge on any atom is -0.508 e. The van der Waals surface area contributed by atoms with E-state index < -0.39 is 0 Å². The van der Waals surface area contributed by atoms with E-state index in [1.54, 1.807) is 12.1 Å². The van der Waals surface area contributed by atoms with Gasteiger partial charge in [0.15, 0.2) is 0 Å². The minimum atomic E-state index is 0.326. The van der Waals surface area contributed by atoms with Crippen LogP contribution in [0, 0.1) is 0 Å². The molecule has 1 atom stereocenters. The molecule has 18 heavy (non-hydrogen) atoms. The molecule has 0 amide bonds. The highest BCUT2D eigenvalue weighted by atomic mass is 16.3. The fraction of sp³-hybridized carbons (Fsp3) is 0.250. The summed E-state index contributed by atoms with van der Waals surface area (Å²) in [5, 5.41) is 12.7. The number of benzene rings is 2. The van der Waals surface area contributed by atoms with Crippen LogP contribution in [0.4, 0.5) is 0 Å². The average molecular weight is 239 g/mol. The molecule has 3 rings (SSSR count). The smallest absolute Gasteiger partial charge is 0.115 e. The molecule has 0 aromatic heterocycles. The summed E-state index contributed by atoms with van der Waals surface area (Å²) in [6, 6.07) is 16.0. The number of nitrogens with one attached hydrogen (secondary N) is 1. The van der Waals surface area contributed by atoms with Crippen molar-refractivity contribution in [2.24, 2.45) is 0 Å². The van der Waals surface area contributed by atoms with E-state index in [0.29, 0.717) is 11.7 Å². The third-order valence-corrected chi connectivity index (χ3v) is 3.62. The topological polar surface area (TPSA) is 32.3 Å². The van der Waals surface area contributed by atoms with Crippen molar-refractivity contribution in [3.8, 4) is 5.75 Å². The number of hydrogen-bond donors (Lipinski definition) is 2. The Morgan fingerprint density at radius 3 is 2.61 bits per heavy atom. The van der Waals surface area contributed by atoms with Crippen LogP contribution in [0.5, 0.6) is 5.75 Å². The SMILES string of the molecule is Oc1ccc(CNCC2Cc3ccccc32)cc1. The highest BCUT2D eigenvalue weighted by molar-refractivity contribution is 5.40. The number of phenolic OH excluding ortho intramolecular Hbond substituents is 1. The molecular formula is C16H17NO. The zero-order chi connectivity index (χ0) is 12.4. The molecular weight excluding hydrogens is 222 g/mol. The van der Waals surface area contributed by atoms with Gasteiger partial charge >= 0.3 is 0 Å². The lowest BCUT2D eigenvalue weighted by Crippen LogP contribution is -2.28. The van der Waals surface area contributed by atoms with Crippen molar-refractivity contribution in [3.05, 3.63) is 65.2 Å². The van der Waals surface area contributed by atoms with Crippen molar-refractivity contribution in [1.29, 1.82) is 0 Å². The fourth-order valence-electron chi connectivity index (χ4n) is 2.55. The van der Waals surface area contributed by atoms with E-state index in [9.17, 15) is 5.11 Å². The highest BCUT2D eigenvalue weighted by Crippen LogP contribution is 2.33. The zero-order valence-corrected chi connectivity index (χ0v) is 10.3. The van der Waals surface area contributed by atoms with Crippen molar-refractivity contribution in [2.45, 2.75) is 18.9 Å². The summed E-state index contributed by atoms with van der Waals surface area (Å²) in [5.41, 5.74) is 4.20. The number of phenols is 1. The second kappa shape index (κ2) is 4.83. The summed E-state index contributed by atoms with van der Waals surface area (Å²) < 4.78 is 0. The monoisotopic (exact) mass is 239 g/mol. The molecule has 2 N–H and O–H groups in total. The molecule has 1 unspecified atom stereocenters. The number of fused-ring (bicyclic) bond motifs is 1. The third-order valence-electron chi connectivity index (χ3n) is 3.62. The quantitative estimate of drug-likeness (QED) is 0.860. The van der Waals surface area contributed by atoms with Gasteiger partial charge in [-0.05, 0) is 35.2 Å². The van der Waals surface area contributed by atoms with E-state index in [1.807, 2.05) is 12.1 Å². The molecule has 2 aromatic rings. The molecule has 0 spiro atoms. The van der Waals surface area contributed by atoms with E-state index in [0.717, 1.165) is 13.1 Å². The Balaban J connectivity index is 1.51. The van der Waals surface area contributed by atoms with Crippen molar-refractivity contribution >= 4 is 0 Å². The van der Waals surface area contributed by atoms with Crippen molar-refractivity contribution in [1.82, 2.24) is 5.32 Å². The molecule has 2 aromatic carbocycles. The number of aromatic hydroxyl groups is 1. The van der Waals surface area contributed by atoms with E-state index >= 15 is 0 Å². The van der Waals surface area contributed by atoms with Crippen LogP contribution in [0.25, 0.3) is 0 Å². The van der Waals surface area contributed by atoms with Gasteiger partial charge in [-0.2, -0.15) is 0 Å². The van der Waals surface area contributed by atoms with E-state index in [2.05, 4.69) is 29.6 Å². The molecule has 2 heteroatoms. The van der Waals surface area contributed by atoms with Crippen molar-refractivity contribution in [2.75, 3.05) is 6.54 Å². The van der Waals surface area contributed by atoms with Crippen molar-refractivity contribution < 1.29 is 5.11 Å². The summed E-state index contributed by atoms with van der Waals surface area (Å²) in [6.45, 7) is 1.89. The third kappa shape index (κ3) is 2.24. The van der Waals surface area contributed by atoms with Crippen LogP contribution in [-0.4, -0.2) is 11.7 Å². The summed E-state index contributed by atoms with van der Waals surface area (Å²) >= 11 is 0. The van der Waals surface area contributed by atoms with Crippen LogP contribution in [0.2, 0.25) is 0 Å². The Hall–Kier alpha value is -1.80. The van der Waals surface area contributed by atoms with Gasteiger partial charge in [0.05, 0.1) is 0 Å². The molecule has 0 aliphatic heterocycles. The molecule has 1 aliphatic rings. The number of rotatable bonds is 4. The predicted molar refractivity (Wildman–Crippen MR) is 72.7 cm³/mol. The first kappa shape index (κ1) is 11.3. The van der Waals surface area contributed by atoms with E-state index in [1.165, 1.54) is 23.1 Å². The van der Waals surface area contributed by atoms with Crippen LogP contribution in [0.3, 0.4) is 0 Å². The largest absolute Gasteiger partial charge is 0.508 e. The van der Waals surface area contributed by atoms with Crippen molar-refractivity contribution in [3.63, 3.8) is 0 Å². The standard InChI is InChI=1S/C16H17NO/c18-15-7-5-12(6-8-15)10-17-11-14-9-13-3-1-2-4-16(13)14/h1-8,14,17-18H,9-11H2. The highest BCUT2D eigenvalue weighted by Gasteiger charge is 2.24. The Morgan fingerprint density at radius 1 is 1.06 bits per heavy atom. The van der Waals surface area contributed by atoms with Gasteiger partial charge in [-0.3, -0.25) is 0 Å². The van der Waals surface area contributed by atoms with Gasteiger partial charge in [0, 0.05) is 19.0 Å². The molecule has 0 saturated carbocycles. The lowest BCUT2D eigenvalue weighted by Gasteiger charge is -2.30. The van der Waals surface area contributed by atoms with Gasteiger partial charge in [0.25, 0.3) is 0 Å². The van der Waals surface area contributed by atoms with Gasteiger partial charge in [-0.15, -0.1) is 0 Å². The van der Waals surface area contributed by atoms with Gasteiger partial charge in [0.1, 0.15) is 5.75 Å². The lowest BCUT2D eigenvalue weighted by atomic mass is 9.77. The van der Waals surface area contributed by atoms with Crippen LogP contribution in [0.15, 0.2) is 48.5 Å². The Bertz CT molecular complexity index is 533. The number of hydrogen-bond acceptors (Lipinski definition) is 2. The van der Waals surface area contributed by atoms with E-state index in [4.69, 9.17) is 0 Å². The van der Waals surface area contributed by atoms with Gasteiger partial charge in [-0.25, -0.2) is 0 Å². The summed E-state index contributed by atoms with van der Waals surface area (Å²) in [6.07, 6.45) is 1.19. The molecule has 0 radical (unpaired) electrons. The maximum atomic E-state index is 9.21. The Morgan fingerprint density at radius 2 is 1.83 bits per heavy atom. The fourth-order valence-corrected chi connectivity index (χ4v) is 2.55. The maximum absolute atomic E-state index is 9.21. The van der Waals surface area contributed by atoms with E-state index in [-0.39, 0.29) is 0 Å². The summed E-state index contributed by atoms with van der Waals surface area (Å²) in [5.74, 6) is 0.991. The first-order valence-corrected chi connectivity index (χ1v) is 6.39. The Kier molecular flexibility index (Phi) is 3.03. The first-order chi connectivity index (χ1) is 8.83. The van der Waals surface area contributed by atoms with Crippen LogP contribution < -0.4 is 5.32 Å². The zero-order valence-electron chi connectivity index (χ0n) is 10.3. The second-order valence-corrected chi connectivity index (χ2v) is 4.90. The Labute approximate surface area is 107 Å². The van der Waals surface area contributed by atoms with Gasteiger partial charge < -0.3 is 10.4 Å². The molecule has 0 fully saturated rings. The predicted octanol–water partition coefficient (Wildman–Crippen LogP) is 2.82. The summed E-state index contributed by atoms with van der Waals surface area (Å²) in [4.78, 5) is 0. The van der Waals surface area contributed by atoms with Gasteiger partial charge in [0.2, 0.25) is 0 Å². The molecule has 92 valence electrons. The normalized spacial score (nSPS) is 17.0. The second-order valence-electron chi connectivity index (χ2n) is 4.90. The van der Waals surface area contributed by atoms with Crippen LogP contribution in [-0.2, 0) is 13.0 Å². The molecule has 0 saturated heterocycles. The molecule has 0 heterocycles. The molecule has 2 nitrogen and oxygen atoms in total.